The molecule has 0 bridgehead atoms. The molecule has 1 atom stereocenters. The van der Waals surface area contributed by atoms with Crippen LogP contribution in [0.5, 0.6) is 5.75 Å². The smallest absolute Gasteiger partial charge is 0.329 e. The van der Waals surface area contributed by atoms with Crippen LogP contribution < -0.4 is 26.0 Å². The van der Waals surface area contributed by atoms with Crippen molar-refractivity contribution in [2.24, 2.45) is 13.0 Å². The number of amides is 3. The van der Waals surface area contributed by atoms with Crippen LogP contribution in [0.1, 0.15) is 48.1 Å². The minimum absolute atomic E-state index is 0.216. The quantitative estimate of drug-likeness (QED) is 0.224. The van der Waals surface area contributed by atoms with Crippen molar-refractivity contribution in [2.45, 2.75) is 37.8 Å². The highest BCUT2D eigenvalue weighted by atomic mass is 16.5. The standard InChI is InChI=1S/C37H39N11O5/c1-43-31-15-25(4-5-29(31)48(37(43)52)30-6-7-33(49)41-36(30)51)45-19-22(20-45)18-44-12-8-24(9-13-44)47-21-23-14-28(32(53-2)16-27(23)42-47)40-35(50)26-17-39-46-11-3-10-38-34(26)46/h3-5,10-11,14-17,21-22,24,30H,6-9,12-13,18-20H2,1-2H3,(H,40,50)(H,41,49,51). The predicted molar refractivity (Wildman–Crippen MR) is 196 cm³/mol. The van der Waals surface area contributed by atoms with E-state index in [1.54, 1.807) is 41.7 Å². The lowest BCUT2D eigenvalue weighted by Crippen LogP contribution is -2.52. The van der Waals surface area contributed by atoms with E-state index in [1.807, 2.05) is 30.3 Å². The number of anilines is 2. The molecular weight excluding hydrogens is 678 g/mol. The molecule has 4 aromatic heterocycles. The number of imide groups is 1. The van der Waals surface area contributed by atoms with Gasteiger partial charge >= 0.3 is 5.69 Å². The number of hydrogen-bond donors (Lipinski definition) is 2. The normalized spacial score (nSPS) is 18.9. The number of aryl methyl sites for hydroxylation is 1. The molecule has 16 nitrogen and oxygen atoms in total. The number of carbonyl (C=O) groups is 3. The van der Waals surface area contributed by atoms with Crippen LogP contribution in [0.3, 0.4) is 0 Å². The van der Waals surface area contributed by atoms with Crippen LogP contribution in [0.2, 0.25) is 0 Å². The maximum absolute atomic E-state index is 13.2. The first-order valence-electron chi connectivity index (χ1n) is 17.9. The number of rotatable bonds is 8. The lowest BCUT2D eigenvalue weighted by molar-refractivity contribution is -0.135. The predicted octanol–water partition coefficient (Wildman–Crippen LogP) is 2.74. The molecule has 272 valence electrons. The molecule has 1 unspecified atom stereocenters. The summed E-state index contributed by atoms with van der Waals surface area (Å²) in [6, 6.07) is 11.1. The highest BCUT2D eigenvalue weighted by molar-refractivity contribution is 6.09. The van der Waals surface area contributed by atoms with Gasteiger partial charge in [0.15, 0.2) is 5.65 Å². The Bertz CT molecular complexity index is 2480. The van der Waals surface area contributed by atoms with Crippen molar-refractivity contribution in [3.63, 3.8) is 0 Å². The number of carbonyl (C=O) groups excluding carboxylic acids is 3. The largest absolute Gasteiger partial charge is 0.494 e. The highest BCUT2D eigenvalue weighted by Gasteiger charge is 2.33. The second kappa shape index (κ2) is 12.9. The maximum Gasteiger partial charge on any atom is 0.329 e. The van der Waals surface area contributed by atoms with E-state index < -0.39 is 11.9 Å². The van der Waals surface area contributed by atoms with E-state index in [1.165, 1.54) is 10.8 Å². The fourth-order valence-corrected chi connectivity index (χ4v) is 8.11. The Kier molecular flexibility index (Phi) is 7.98. The number of nitrogens with zero attached hydrogens (tertiary/aromatic N) is 9. The van der Waals surface area contributed by atoms with Gasteiger partial charge in [-0.3, -0.25) is 33.5 Å². The first kappa shape index (κ1) is 32.8. The lowest BCUT2D eigenvalue weighted by Gasteiger charge is -2.44. The van der Waals surface area contributed by atoms with Crippen molar-refractivity contribution < 1.29 is 19.1 Å². The molecule has 0 radical (unpaired) electrons. The summed E-state index contributed by atoms with van der Waals surface area (Å²) in [6.07, 6.45) is 9.44. The summed E-state index contributed by atoms with van der Waals surface area (Å²) in [7, 11) is 3.30. The zero-order valence-corrected chi connectivity index (χ0v) is 29.4. The highest BCUT2D eigenvalue weighted by Crippen LogP contribution is 2.34. The molecule has 2 N–H and O–H groups in total. The van der Waals surface area contributed by atoms with Crippen molar-refractivity contribution >= 4 is 56.7 Å². The first-order chi connectivity index (χ1) is 25.7. The average molecular weight is 718 g/mol. The minimum Gasteiger partial charge on any atom is -0.494 e. The Morgan fingerprint density at radius 1 is 1.06 bits per heavy atom. The van der Waals surface area contributed by atoms with E-state index in [-0.39, 0.29) is 30.0 Å². The number of likely N-dealkylation sites (tertiary alicyclic amines) is 1. The number of benzene rings is 2. The van der Waals surface area contributed by atoms with Crippen LogP contribution in [-0.4, -0.2) is 96.0 Å². The van der Waals surface area contributed by atoms with Crippen molar-refractivity contribution in [3.05, 3.63) is 77.2 Å². The SMILES string of the molecule is COc1cc2nn(C3CCN(CC4CN(c5ccc6c(c5)n(C)c(=O)n6C5CCC(=O)NC5=O)C4)CC3)cc2cc1NC(=O)c1cnn2cccnc12. The Morgan fingerprint density at radius 3 is 2.68 bits per heavy atom. The lowest BCUT2D eigenvalue weighted by atomic mass is 9.96. The molecule has 3 amide bonds. The van der Waals surface area contributed by atoms with Gasteiger partial charge in [0.25, 0.3) is 5.91 Å². The maximum atomic E-state index is 13.2. The van der Waals surface area contributed by atoms with Crippen LogP contribution in [0.15, 0.2) is 66.0 Å². The molecule has 53 heavy (non-hydrogen) atoms. The molecule has 7 heterocycles. The second-order valence-corrected chi connectivity index (χ2v) is 14.3. The van der Waals surface area contributed by atoms with Crippen LogP contribution in [-0.2, 0) is 16.6 Å². The summed E-state index contributed by atoms with van der Waals surface area (Å²) >= 11 is 0. The number of hydrogen-bond acceptors (Lipinski definition) is 10. The molecule has 3 aliphatic heterocycles. The molecule has 3 aliphatic rings. The molecule has 9 rings (SSSR count). The Balaban J connectivity index is 0.811. The summed E-state index contributed by atoms with van der Waals surface area (Å²) in [4.78, 5) is 59.7. The van der Waals surface area contributed by atoms with Gasteiger partial charge < -0.3 is 19.9 Å². The van der Waals surface area contributed by atoms with Crippen LogP contribution in [0.4, 0.5) is 11.4 Å². The molecule has 6 aromatic rings. The molecule has 0 spiro atoms. The van der Waals surface area contributed by atoms with E-state index in [0.29, 0.717) is 40.5 Å². The van der Waals surface area contributed by atoms with Crippen LogP contribution in [0.25, 0.3) is 27.6 Å². The zero-order valence-electron chi connectivity index (χ0n) is 29.4. The first-order valence-corrected chi connectivity index (χ1v) is 17.9. The van der Waals surface area contributed by atoms with Crippen molar-refractivity contribution in [2.75, 3.05) is 50.1 Å². The van der Waals surface area contributed by atoms with Gasteiger partial charge in [-0.05, 0) is 49.6 Å². The number of methoxy groups -OCH3 is 1. The molecule has 0 saturated carbocycles. The molecule has 0 aliphatic carbocycles. The zero-order chi connectivity index (χ0) is 36.4. The molecule has 3 saturated heterocycles. The van der Waals surface area contributed by atoms with E-state index in [2.05, 4.69) is 41.4 Å². The molecular formula is C37H39N11O5. The number of imidazole rings is 1. The topological polar surface area (TPSA) is 166 Å². The summed E-state index contributed by atoms with van der Waals surface area (Å²) in [5.41, 5.74) is 4.48. The Labute approximate surface area is 302 Å². The Morgan fingerprint density at radius 2 is 1.89 bits per heavy atom. The van der Waals surface area contributed by atoms with Crippen LogP contribution in [0, 0.1) is 5.92 Å². The van der Waals surface area contributed by atoms with E-state index in [4.69, 9.17) is 9.84 Å². The molecule has 3 fully saturated rings. The second-order valence-electron chi connectivity index (χ2n) is 14.3. The average Bonchev–Trinajstić information content (AvgIpc) is 3.84. The third-order valence-corrected chi connectivity index (χ3v) is 11.0. The van der Waals surface area contributed by atoms with Crippen molar-refractivity contribution in [1.82, 2.24) is 43.7 Å². The fourth-order valence-electron chi connectivity index (χ4n) is 8.11. The van der Waals surface area contributed by atoms with E-state index >= 15 is 0 Å². The van der Waals surface area contributed by atoms with Gasteiger partial charge in [-0.2, -0.15) is 10.2 Å². The third kappa shape index (κ3) is 5.78. The fraction of sp³-hybridized carbons (Fsp3) is 0.378. The van der Waals surface area contributed by atoms with Crippen LogP contribution >= 0.6 is 0 Å². The summed E-state index contributed by atoms with van der Waals surface area (Å²) < 4.78 is 12.4. The summed E-state index contributed by atoms with van der Waals surface area (Å²) in [6.45, 7) is 4.87. The van der Waals surface area contributed by atoms with Crippen molar-refractivity contribution in [1.29, 1.82) is 0 Å². The van der Waals surface area contributed by atoms with Gasteiger partial charge in [0.2, 0.25) is 11.8 Å². The number of aromatic nitrogens is 7. The van der Waals surface area contributed by atoms with Crippen molar-refractivity contribution in [3.8, 4) is 5.75 Å². The van der Waals surface area contributed by atoms with Gasteiger partial charge in [0, 0.05) is 87.8 Å². The third-order valence-electron chi connectivity index (χ3n) is 11.0. The summed E-state index contributed by atoms with van der Waals surface area (Å²) in [5.74, 6) is 0.0258. The van der Waals surface area contributed by atoms with Gasteiger partial charge in [0.1, 0.15) is 17.4 Å². The number of piperidine rings is 2. The number of nitrogens with one attached hydrogen (secondary N) is 2. The van der Waals surface area contributed by atoms with Gasteiger partial charge in [-0.1, -0.05) is 0 Å². The number of fused-ring (bicyclic) bond motifs is 3. The Hall–Kier alpha value is -6.03. The monoisotopic (exact) mass is 717 g/mol. The molecule has 16 heteroatoms. The van der Waals surface area contributed by atoms with E-state index in [0.717, 1.165) is 67.7 Å². The number of ether oxygens (including phenoxy) is 1. The van der Waals surface area contributed by atoms with E-state index in [9.17, 15) is 19.2 Å². The summed E-state index contributed by atoms with van der Waals surface area (Å²) in [5, 5.41) is 15.4. The van der Waals surface area contributed by atoms with Gasteiger partial charge in [-0.25, -0.2) is 14.3 Å². The van der Waals surface area contributed by atoms with Gasteiger partial charge in [0.05, 0.1) is 41.6 Å². The molecule has 2 aromatic carbocycles. The minimum atomic E-state index is -0.691. The van der Waals surface area contributed by atoms with Gasteiger partial charge in [-0.15, -0.1) is 0 Å².